The minimum absolute atomic E-state index is 0. The van der Waals surface area contributed by atoms with E-state index < -0.39 is 0 Å². The molecule has 110 valence electrons. The summed E-state index contributed by atoms with van der Waals surface area (Å²) >= 11 is 1.79. The molecule has 0 amide bonds. The number of rotatable bonds is 5. The molecule has 0 radical (unpaired) electrons. The fourth-order valence-corrected chi connectivity index (χ4v) is 2.88. The van der Waals surface area contributed by atoms with E-state index in [9.17, 15) is 0 Å². The summed E-state index contributed by atoms with van der Waals surface area (Å²) in [6.45, 7) is 12.4. The zero-order chi connectivity index (χ0) is 13.8. The Hall–Kier alpha value is -0.180. The maximum absolute atomic E-state index is 3.66. The molecule has 0 unspecified atom stereocenters. The highest BCUT2D eigenvalue weighted by Crippen LogP contribution is 2.27. The van der Waals surface area contributed by atoms with Crippen molar-refractivity contribution >= 4 is 24.2 Å². The Balaban J connectivity index is 0.00000324. The van der Waals surface area contributed by atoms with Crippen molar-refractivity contribution in [2.75, 3.05) is 6.26 Å². The van der Waals surface area contributed by atoms with Crippen molar-refractivity contribution < 1.29 is 0 Å². The number of hydrogen-bond donors (Lipinski definition) is 1. The second-order valence-corrected chi connectivity index (χ2v) is 7.70. The number of halogens is 1. The maximum atomic E-state index is 3.66. The van der Waals surface area contributed by atoms with Crippen LogP contribution in [0.1, 0.15) is 46.6 Å². The normalized spacial score (nSPS) is 12.1. The van der Waals surface area contributed by atoms with Gasteiger partial charge < -0.3 is 5.32 Å². The highest BCUT2D eigenvalue weighted by atomic mass is 35.5. The molecule has 0 aromatic heterocycles. The van der Waals surface area contributed by atoms with Gasteiger partial charge in [0.25, 0.3) is 0 Å². The van der Waals surface area contributed by atoms with Crippen molar-refractivity contribution in [3.63, 3.8) is 0 Å². The fraction of sp³-hybridized carbons (Fsp3) is 0.625. The van der Waals surface area contributed by atoms with Crippen LogP contribution in [0.5, 0.6) is 0 Å². The van der Waals surface area contributed by atoms with E-state index in [0.717, 1.165) is 6.54 Å². The standard InChI is InChI=1S/C16H27NS.ClH/c1-15(2,3)12-16(4,5)17-11-13-7-9-14(18-6)10-8-13;/h7-10,17H,11-12H2,1-6H3;1H. The van der Waals surface area contributed by atoms with Crippen LogP contribution >= 0.6 is 24.2 Å². The molecule has 19 heavy (non-hydrogen) atoms. The Morgan fingerprint density at radius 2 is 1.53 bits per heavy atom. The van der Waals surface area contributed by atoms with Crippen LogP contribution in [0, 0.1) is 5.41 Å². The minimum Gasteiger partial charge on any atom is -0.308 e. The minimum atomic E-state index is 0. The maximum Gasteiger partial charge on any atom is 0.0210 e. The molecule has 0 bridgehead atoms. The van der Waals surface area contributed by atoms with Crippen molar-refractivity contribution in [3.05, 3.63) is 29.8 Å². The molecule has 0 aliphatic carbocycles. The predicted octanol–water partition coefficient (Wildman–Crippen LogP) is 5.13. The second kappa shape index (κ2) is 7.56. The lowest BCUT2D eigenvalue weighted by atomic mass is 9.82. The molecule has 0 saturated heterocycles. The van der Waals surface area contributed by atoms with Crippen molar-refractivity contribution in [1.82, 2.24) is 5.32 Å². The van der Waals surface area contributed by atoms with Crippen LogP contribution in [-0.2, 0) is 6.54 Å². The largest absolute Gasteiger partial charge is 0.308 e. The van der Waals surface area contributed by atoms with Crippen LogP contribution in [0.25, 0.3) is 0 Å². The van der Waals surface area contributed by atoms with E-state index in [4.69, 9.17) is 0 Å². The lowest BCUT2D eigenvalue weighted by molar-refractivity contribution is 0.240. The quantitative estimate of drug-likeness (QED) is 0.756. The van der Waals surface area contributed by atoms with E-state index in [0.29, 0.717) is 5.41 Å². The smallest absolute Gasteiger partial charge is 0.0210 e. The molecule has 3 heteroatoms. The van der Waals surface area contributed by atoms with Gasteiger partial charge in [0.1, 0.15) is 0 Å². The zero-order valence-corrected chi connectivity index (χ0v) is 14.7. The third kappa shape index (κ3) is 7.86. The van der Waals surface area contributed by atoms with Gasteiger partial charge in [0.05, 0.1) is 0 Å². The highest BCUT2D eigenvalue weighted by molar-refractivity contribution is 7.98. The Morgan fingerprint density at radius 3 is 1.95 bits per heavy atom. The monoisotopic (exact) mass is 301 g/mol. The molecule has 1 nitrogen and oxygen atoms in total. The van der Waals surface area contributed by atoms with Gasteiger partial charge in [-0.1, -0.05) is 32.9 Å². The van der Waals surface area contributed by atoms with Gasteiger partial charge in [0.15, 0.2) is 0 Å². The van der Waals surface area contributed by atoms with Gasteiger partial charge >= 0.3 is 0 Å². The van der Waals surface area contributed by atoms with Crippen molar-refractivity contribution in [3.8, 4) is 0 Å². The molecule has 0 saturated carbocycles. The number of hydrogen-bond acceptors (Lipinski definition) is 2. The van der Waals surface area contributed by atoms with E-state index in [-0.39, 0.29) is 17.9 Å². The lowest BCUT2D eigenvalue weighted by Gasteiger charge is -2.33. The molecule has 0 aliphatic rings. The molecule has 0 aliphatic heterocycles. The van der Waals surface area contributed by atoms with Crippen molar-refractivity contribution in [2.45, 2.75) is 58.0 Å². The molecule has 0 heterocycles. The Kier molecular flexibility index (Phi) is 7.49. The van der Waals surface area contributed by atoms with Gasteiger partial charge in [-0.05, 0) is 49.6 Å². The first-order chi connectivity index (χ1) is 8.22. The SMILES string of the molecule is CSc1ccc(CNC(C)(C)CC(C)(C)C)cc1.Cl. The summed E-state index contributed by atoms with van der Waals surface area (Å²) in [6.07, 6.45) is 3.28. The predicted molar refractivity (Wildman–Crippen MR) is 90.5 cm³/mol. The number of benzene rings is 1. The van der Waals surface area contributed by atoms with Crippen LogP contribution in [0.4, 0.5) is 0 Å². The summed E-state index contributed by atoms with van der Waals surface area (Å²) in [5.74, 6) is 0. The summed E-state index contributed by atoms with van der Waals surface area (Å²) in [5.41, 5.74) is 1.89. The molecule has 0 spiro atoms. The lowest BCUT2D eigenvalue weighted by Crippen LogP contribution is -2.41. The summed E-state index contributed by atoms with van der Waals surface area (Å²) in [7, 11) is 0. The van der Waals surface area contributed by atoms with Crippen LogP contribution in [0.2, 0.25) is 0 Å². The molecule has 0 atom stereocenters. The first-order valence-electron chi connectivity index (χ1n) is 6.60. The Morgan fingerprint density at radius 1 is 1.00 bits per heavy atom. The molecule has 1 N–H and O–H groups in total. The number of nitrogens with one attached hydrogen (secondary N) is 1. The van der Waals surface area contributed by atoms with Crippen molar-refractivity contribution in [1.29, 1.82) is 0 Å². The van der Waals surface area contributed by atoms with Crippen molar-refractivity contribution in [2.24, 2.45) is 5.41 Å². The van der Waals surface area contributed by atoms with Crippen LogP contribution < -0.4 is 5.32 Å². The van der Waals surface area contributed by atoms with Gasteiger partial charge in [-0.15, -0.1) is 24.2 Å². The second-order valence-electron chi connectivity index (χ2n) is 6.82. The van der Waals surface area contributed by atoms with Gasteiger partial charge in [-0.2, -0.15) is 0 Å². The third-order valence-corrected chi connectivity index (χ3v) is 3.65. The van der Waals surface area contributed by atoms with E-state index in [1.807, 2.05) is 0 Å². The van der Waals surface area contributed by atoms with E-state index >= 15 is 0 Å². The summed E-state index contributed by atoms with van der Waals surface area (Å²) in [5, 5.41) is 3.66. The molecule has 1 aromatic rings. The number of thioether (sulfide) groups is 1. The summed E-state index contributed by atoms with van der Waals surface area (Å²) < 4.78 is 0. The van der Waals surface area contributed by atoms with Gasteiger partial charge in [0.2, 0.25) is 0 Å². The van der Waals surface area contributed by atoms with Crippen LogP contribution in [0.3, 0.4) is 0 Å². The van der Waals surface area contributed by atoms with Gasteiger partial charge in [-0.25, -0.2) is 0 Å². The average Bonchev–Trinajstić information content (AvgIpc) is 2.24. The van der Waals surface area contributed by atoms with E-state index in [1.54, 1.807) is 11.8 Å². The van der Waals surface area contributed by atoms with E-state index in [2.05, 4.69) is 70.5 Å². The fourth-order valence-electron chi connectivity index (χ4n) is 2.47. The summed E-state index contributed by atoms with van der Waals surface area (Å²) in [4.78, 5) is 1.33. The zero-order valence-electron chi connectivity index (χ0n) is 13.0. The molecule has 1 aromatic carbocycles. The van der Waals surface area contributed by atoms with Gasteiger partial charge in [0, 0.05) is 17.0 Å². The van der Waals surface area contributed by atoms with Crippen LogP contribution in [0.15, 0.2) is 29.2 Å². The van der Waals surface area contributed by atoms with Gasteiger partial charge in [-0.3, -0.25) is 0 Å². The Labute approximate surface area is 129 Å². The first-order valence-corrected chi connectivity index (χ1v) is 7.82. The average molecular weight is 302 g/mol. The molecular formula is C16H28ClNS. The van der Waals surface area contributed by atoms with E-state index in [1.165, 1.54) is 16.9 Å². The molecule has 1 rings (SSSR count). The first kappa shape index (κ1) is 18.8. The third-order valence-electron chi connectivity index (χ3n) is 2.90. The van der Waals surface area contributed by atoms with Crippen LogP contribution in [-0.4, -0.2) is 11.8 Å². The Bertz CT molecular complexity index is 365. The molecular weight excluding hydrogens is 274 g/mol. The topological polar surface area (TPSA) is 12.0 Å². The highest BCUT2D eigenvalue weighted by Gasteiger charge is 2.24. The summed E-state index contributed by atoms with van der Waals surface area (Å²) in [6, 6.07) is 8.81. The molecule has 0 fully saturated rings.